The third-order valence-electron chi connectivity index (χ3n) is 2.22. The number of aryl methyl sites for hydroxylation is 1. The minimum atomic E-state index is -0.948. The molecule has 0 saturated heterocycles. The molecular weight excluding hydrogens is 272 g/mol. The summed E-state index contributed by atoms with van der Waals surface area (Å²) in [5.74, 6) is -0.948. The van der Waals surface area contributed by atoms with Crippen molar-refractivity contribution < 1.29 is 9.90 Å². The minimum absolute atomic E-state index is 0.232. The summed E-state index contributed by atoms with van der Waals surface area (Å²) in [6.45, 7) is 7.86. The first kappa shape index (κ1) is 13.2. The smallest absolute Gasteiger partial charge is 0.355 e. The summed E-state index contributed by atoms with van der Waals surface area (Å²) in [6.07, 6.45) is 1.72. The van der Waals surface area contributed by atoms with Crippen LogP contribution in [0.3, 0.4) is 0 Å². The van der Waals surface area contributed by atoms with Crippen molar-refractivity contribution in [3.8, 4) is 0 Å². The van der Waals surface area contributed by atoms with Crippen molar-refractivity contribution in [1.29, 1.82) is 0 Å². The van der Waals surface area contributed by atoms with Gasteiger partial charge in [-0.25, -0.2) is 4.79 Å². The Labute approximate surface area is 104 Å². The number of nitrogens with zero attached hydrogens (tertiary/aromatic N) is 2. The predicted octanol–water partition coefficient (Wildman–Crippen LogP) is 3.05. The Morgan fingerprint density at radius 2 is 2.06 bits per heavy atom. The largest absolute Gasteiger partial charge is 0.476 e. The zero-order chi connectivity index (χ0) is 12.5. The molecule has 1 N–H and O–H groups in total. The first-order valence-corrected chi connectivity index (χ1v) is 6.09. The number of carbonyl (C=O) groups is 1. The Morgan fingerprint density at radius 1 is 1.50 bits per heavy atom. The van der Waals surface area contributed by atoms with Crippen LogP contribution in [0.4, 0.5) is 0 Å². The van der Waals surface area contributed by atoms with Crippen LogP contribution in [0.2, 0.25) is 0 Å². The molecule has 0 saturated carbocycles. The summed E-state index contributed by atoms with van der Waals surface area (Å²) < 4.78 is 2.18. The monoisotopic (exact) mass is 288 g/mol. The highest BCUT2D eigenvalue weighted by atomic mass is 79.9. The van der Waals surface area contributed by atoms with Gasteiger partial charge in [0.25, 0.3) is 0 Å². The summed E-state index contributed by atoms with van der Waals surface area (Å²) in [4.78, 5) is 11.2. The van der Waals surface area contributed by atoms with E-state index in [1.54, 1.807) is 4.68 Å². The van der Waals surface area contributed by atoms with Gasteiger partial charge >= 0.3 is 5.97 Å². The zero-order valence-electron chi connectivity index (χ0n) is 10.0. The van der Waals surface area contributed by atoms with E-state index in [-0.39, 0.29) is 11.2 Å². The third kappa shape index (κ3) is 2.45. The van der Waals surface area contributed by atoms with Crippen molar-refractivity contribution in [2.24, 2.45) is 0 Å². The maximum absolute atomic E-state index is 11.2. The van der Waals surface area contributed by atoms with E-state index in [0.717, 1.165) is 18.5 Å². The van der Waals surface area contributed by atoms with Crippen LogP contribution in [-0.2, 0) is 12.0 Å². The highest BCUT2D eigenvalue weighted by Crippen LogP contribution is 2.27. The molecule has 0 unspecified atom stereocenters. The molecule has 16 heavy (non-hydrogen) atoms. The van der Waals surface area contributed by atoms with Crippen LogP contribution >= 0.6 is 15.9 Å². The fourth-order valence-electron chi connectivity index (χ4n) is 1.51. The Bertz CT molecular complexity index is 405. The van der Waals surface area contributed by atoms with Gasteiger partial charge in [0.2, 0.25) is 0 Å². The van der Waals surface area contributed by atoms with Gasteiger partial charge in [-0.05, 0) is 43.1 Å². The van der Waals surface area contributed by atoms with E-state index < -0.39 is 5.97 Å². The number of aromatic nitrogens is 2. The molecule has 90 valence electrons. The molecule has 0 amide bonds. The molecule has 1 aromatic rings. The van der Waals surface area contributed by atoms with Gasteiger partial charge in [0.1, 0.15) is 0 Å². The predicted molar refractivity (Wildman–Crippen MR) is 65.9 cm³/mol. The zero-order valence-corrected chi connectivity index (χ0v) is 11.6. The lowest BCUT2D eigenvalue weighted by Gasteiger charge is -2.20. The third-order valence-corrected chi connectivity index (χ3v) is 3.05. The van der Waals surface area contributed by atoms with Gasteiger partial charge in [0.15, 0.2) is 5.69 Å². The minimum Gasteiger partial charge on any atom is -0.476 e. The number of carboxylic acids is 1. The molecule has 0 atom stereocenters. The van der Waals surface area contributed by atoms with Gasteiger partial charge in [0, 0.05) is 0 Å². The van der Waals surface area contributed by atoms with E-state index in [2.05, 4.69) is 21.0 Å². The van der Waals surface area contributed by atoms with Crippen LogP contribution in [0, 0.1) is 0 Å². The molecular formula is C11H17BrN2O2. The highest BCUT2D eigenvalue weighted by Gasteiger charge is 2.27. The second kappa shape index (κ2) is 4.57. The summed E-state index contributed by atoms with van der Waals surface area (Å²) in [5, 5.41) is 13.6. The van der Waals surface area contributed by atoms with E-state index in [1.807, 2.05) is 27.7 Å². The summed E-state index contributed by atoms with van der Waals surface area (Å²) in [7, 11) is 0. The quantitative estimate of drug-likeness (QED) is 0.930. The first-order chi connectivity index (χ1) is 7.29. The van der Waals surface area contributed by atoms with Crippen LogP contribution in [-0.4, -0.2) is 20.9 Å². The normalized spacial score (nSPS) is 11.8. The number of rotatable bonds is 3. The first-order valence-electron chi connectivity index (χ1n) is 5.30. The fraction of sp³-hybridized carbons (Fsp3) is 0.636. The van der Waals surface area contributed by atoms with Gasteiger partial charge in [-0.2, -0.15) is 5.10 Å². The fourth-order valence-corrected chi connectivity index (χ4v) is 2.13. The van der Waals surface area contributed by atoms with Crippen molar-refractivity contribution in [2.75, 3.05) is 0 Å². The topological polar surface area (TPSA) is 55.1 Å². The number of aromatic carboxylic acids is 1. The molecule has 0 aromatic carbocycles. The van der Waals surface area contributed by atoms with Crippen molar-refractivity contribution >= 4 is 21.9 Å². The van der Waals surface area contributed by atoms with Crippen LogP contribution < -0.4 is 0 Å². The van der Waals surface area contributed by atoms with Gasteiger partial charge in [-0.15, -0.1) is 0 Å². The van der Waals surface area contributed by atoms with Gasteiger partial charge in [-0.1, -0.05) is 13.3 Å². The van der Waals surface area contributed by atoms with E-state index in [1.165, 1.54) is 0 Å². The Balaban J connectivity index is 3.37. The second-order valence-corrected chi connectivity index (χ2v) is 5.54. The molecule has 4 nitrogen and oxygen atoms in total. The van der Waals surface area contributed by atoms with E-state index in [9.17, 15) is 9.90 Å². The van der Waals surface area contributed by atoms with E-state index in [4.69, 9.17) is 0 Å². The van der Waals surface area contributed by atoms with Gasteiger partial charge in [0.05, 0.1) is 15.7 Å². The lowest BCUT2D eigenvalue weighted by Crippen LogP contribution is -2.27. The SMILES string of the molecule is CCCc1nn(C(C)(C)C)c(C(=O)O)c1Br. The van der Waals surface area contributed by atoms with Crippen LogP contribution in [0.1, 0.15) is 50.3 Å². The molecule has 1 heterocycles. The molecule has 5 heteroatoms. The van der Waals surface area contributed by atoms with Gasteiger partial charge < -0.3 is 5.11 Å². The lowest BCUT2D eigenvalue weighted by atomic mass is 10.1. The molecule has 1 aromatic heterocycles. The lowest BCUT2D eigenvalue weighted by molar-refractivity contribution is 0.0673. The second-order valence-electron chi connectivity index (χ2n) is 4.75. The van der Waals surface area contributed by atoms with E-state index in [0.29, 0.717) is 4.47 Å². The van der Waals surface area contributed by atoms with Crippen molar-refractivity contribution in [2.45, 2.75) is 46.1 Å². The number of hydrogen-bond acceptors (Lipinski definition) is 2. The van der Waals surface area contributed by atoms with Crippen molar-refractivity contribution in [3.63, 3.8) is 0 Å². The maximum Gasteiger partial charge on any atom is 0.355 e. The standard InChI is InChI=1S/C11H17BrN2O2/c1-5-6-7-8(12)9(10(15)16)14(13-7)11(2,3)4/h5-6H2,1-4H3,(H,15,16). The number of hydrogen-bond donors (Lipinski definition) is 1. The molecule has 0 aliphatic heterocycles. The van der Waals surface area contributed by atoms with Crippen LogP contribution in [0.25, 0.3) is 0 Å². The molecule has 0 spiro atoms. The van der Waals surface area contributed by atoms with Crippen LogP contribution in [0.5, 0.6) is 0 Å². The Hall–Kier alpha value is -0.840. The Kier molecular flexibility index (Phi) is 3.78. The highest BCUT2D eigenvalue weighted by molar-refractivity contribution is 9.10. The molecule has 0 aliphatic carbocycles. The van der Waals surface area contributed by atoms with Crippen LogP contribution in [0.15, 0.2) is 4.47 Å². The maximum atomic E-state index is 11.2. The molecule has 0 radical (unpaired) electrons. The number of halogens is 1. The summed E-state index contributed by atoms with van der Waals surface area (Å²) >= 11 is 3.33. The Morgan fingerprint density at radius 3 is 2.38 bits per heavy atom. The summed E-state index contributed by atoms with van der Waals surface area (Å²) in [6, 6.07) is 0. The molecule has 1 rings (SSSR count). The average molecular weight is 289 g/mol. The van der Waals surface area contributed by atoms with E-state index >= 15 is 0 Å². The molecule has 0 bridgehead atoms. The molecule has 0 aliphatic rings. The average Bonchev–Trinajstić information content (AvgIpc) is 2.44. The van der Waals surface area contributed by atoms with Crippen molar-refractivity contribution in [3.05, 3.63) is 15.9 Å². The van der Waals surface area contributed by atoms with Crippen molar-refractivity contribution in [1.82, 2.24) is 9.78 Å². The molecule has 0 fully saturated rings. The number of carboxylic acid groups (broad SMARTS) is 1. The summed E-state index contributed by atoms with van der Waals surface area (Å²) in [5.41, 5.74) is 0.716. The van der Waals surface area contributed by atoms with Gasteiger partial charge in [-0.3, -0.25) is 4.68 Å².